The Morgan fingerprint density at radius 2 is 1.89 bits per heavy atom. The van der Waals surface area contributed by atoms with E-state index in [0.29, 0.717) is 27.3 Å². The summed E-state index contributed by atoms with van der Waals surface area (Å²) in [7, 11) is 1.56. The summed E-state index contributed by atoms with van der Waals surface area (Å²) in [5.74, 6) is 0.325. The van der Waals surface area contributed by atoms with Crippen molar-refractivity contribution >= 4 is 43.7 Å². The van der Waals surface area contributed by atoms with Crippen LogP contribution in [0.5, 0.6) is 5.75 Å². The number of rotatable bonds is 4. The van der Waals surface area contributed by atoms with E-state index in [9.17, 15) is 9.59 Å². The standard InChI is InChI=1S/C21H15NO3S2/c1-25-14-7-4-6-13(12-14)20(24)22-21-18(17-10-5-11-26-17)19(23)15-8-2-3-9-16(15)27-21/h2-12H,1H3,(H,22,24). The van der Waals surface area contributed by atoms with E-state index < -0.39 is 0 Å². The van der Waals surface area contributed by atoms with Crippen molar-refractivity contribution in [3.63, 3.8) is 0 Å². The van der Waals surface area contributed by atoms with Gasteiger partial charge in [0.15, 0.2) is 5.43 Å². The van der Waals surface area contributed by atoms with Crippen molar-refractivity contribution < 1.29 is 9.53 Å². The van der Waals surface area contributed by atoms with Crippen molar-refractivity contribution in [2.45, 2.75) is 0 Å². The van der Waals surface area contributed by atoms with Gasteiger partial charge in [-0.3, -0.25) is 9.59 Å². The van der Waals surface area contributed by atoms with Crippen molar-refractivity contribution in [2.75, 3.05) is 12.4 Å². The number of amides is 1. The highest BCUT2D eigenvalue weighted by atomic mass is 32.1. The molecule has 0 bridgehead atoms. The summed E-state index contributed by atoms with van der Waals surface area (Å²) in [6.07, 6.45) is 0. The first-order chi connectivity index (χ1) is 13.2. The monoisotopic (exact) mass is 393 g/mol. The Labute approximate surface area is 163 Å². The molecule has 0 atom stereocenters. The fourth-order valence-electron chi connectivity index (χ4n) is 2.81. The molecule has 4 nitrogen and oxygen atoms in total. The van der Waals surface area contributed by atoms with E-state index in [-0.39, 0.29) is 11.3 Å². The lowest BCUT2D eigenvalue weighted by Gasteiger charge is -2.11. The Hall–Kier alpha value is -2.96. The van der Waals surface area contributed by atoms with Gasteiger partial charge in [-0.15, -0.1) is 22.7 Å². The molecule has 1 N–H and O–H groups in total. The van der Waals surface area contributed by atoms with E-state index in [2.05, 4.69) is 5.32 Å². The van der Waals surface area contributed by atoms with Crippen molar-refractivity contribution in [3.8, 4) is 16.2 Å². The molecule has 0 saturated carbocycles. The predicted octanol–water partition coefficient (Wildman–Crippen LogP) is 5.25. The van der Waals surface area contributed by atoms with E-state index in [1.807, 2.05) is 41.8 Å². The number of benzene rings is 2. The fourth-order valence-corrected chi connectivity index (χ4v) is 4.74. The van der Waals surface area contributed by atoms with Gasteiger partial charge in [-0.05, 0) is 41.8 Å². The van der Waals surface area contributed by atoms with Crippen LogP contribution in [0.25, 0.3) is 20.5 Å². The third-order valence-electron chi connectivity index (χ3n) is 4.12. The van der Waals surface area contributed by atoms with Gasteiger partial charge in [0.05, 0.1) is 12.7 Å². The van der Waals surface area contributed by atoms with Crippen LogP contribution in [-0.4, -0.2) is 13.0 Å². The van der Waals surface area contributed by atoms with Crippen LogP contribution in [0, 0.1) is 0 Å². The second-order valence-corrected chi connectivity index (χ2v) is 7.79. The molecule has 0 aliphatic rings. The average Bonchev–Trinajstić information content (AvgIpc) is 3.22. The quantitative estimate of drug-likeness (QED) is 0.515. The first kappa shape index (κ1) is 17.5. The van der Waals surface area contributed by atoms with Gasteiger partial charge in [-0.25, -0.2) is 0 Å². The highest BCUT2D eigenvalue weighted by Gasteiger charge is 2.18. The van der Waals surface area contributed by atoms with Crippen molar-refractivity contribution in [2.24, 2.45) is 0 Å². The second kappa shape index (κ2) is 7.34. The first-order valence-electron chi connectivity index (χ1n) is 8.22. The van der Waals surface area contributed by atoms with E-state index in [4.69, 9.17) is 4.74 Å². The molecule has 2 aromatic carbocycles. The SMILES string of the molecule is COc1cccc(C(=O)Nc2sc3ccccc3c(=O)c2-c2cccs2)c1. The van der Waals surface area contributed by atoms with Gasteiger partial charge in [0, 0.05) is 20.5 Å². The maximum absolute atomic E-state index is 13.1. The minimum Gasteiger partial charge on any atom is -0.497 e. The van der Waals surface area contributed by atoms with Crippen molar-refractivity contribution in [1.29, 1.82) is 0 Å². The van der Waals surface area contributed by atoms with E-state index >= 15 is 0 Å². The van der Waals surface area contributed by atoms with Gasteiger partial charge in [0.2, 0.25) is 0 Å². The summed E-state index contributed by atoms with van der Waals surface area (Å²) in [4.78, 5) is 26.7. The third kappa shape index (κ3) is 3.37. The molecule has 27 heavy (non-hydrogen) atoms. The largest absolute Gasteiger partial charge is 0.497 e. The predicted molar refractivity (Wildman–Crippen MR) is 112 cm³/mol. The summed E-state index contributed by atoms with van der Waals surface area (Å²) in [6, 6.07) is 18.2. The van der Waals surface area contributed by atoms with E-state index in [0.717, 1.165) is 9.58 Å². The number of hydrogen-bond acceptors (Lipinski definition) is 5. The molecular weight excluding hydrogens is 378 g/mol. The number of methoxy groups -OCH3 is 1. The number of carbonyl (C=O) groups is 1. The molecule has 0 unspecified atom stereocenters. The smallest absolute Gasteiger partial charge is 0.256 e. The zero-order valence-corrected chi connectivity index (χ0v) is 16.0. The molecule has 2 heterocycles. The van der Waals surface area contributed by atoms with Gasteiger partial charge >= 0.3 is 0 Å². The summed E-state index contributed by atoms with van der Waals surface area (Å²) >= 11 is 2.88. The van der Waals surface area contributed by atoms with Gasteiger partial charge in [0.1, 0.15) is 10.8 Å². The van der Waals surface area contributed by atoms with Crippen LogP contribution in [0.3, 0.4) is 0 Å². The molecule has 4 aromatic rings. The molecule has 0 radical (unpaired) electrons. The van der Waals surface area contributed by atoms with Crippen LogP contribution in [0.1, 0.15) is 10.4 Å². The molecule has 1 amide bonds. The summed E-state index contributed by atoms with van der Waals surface area (Å²) < 4.78 is 6.03. The van der Waals surface area contributed by atoms with E-state index in [1.165, 1.54) is 22.7 Å². The molecule has 134 valence electrons. The third-order valence-corrected chi connectivity index (χ3v) is 6.10. The zero-order valence-electron chi connectivity index (χ0n) is 14.4. The molecule has 2 aromatic heterocycles. The number of ether oxygens (including phenoxy) is 1. The Bertz CT molecular complexity index is 1180. The number of nitrogens with one attached hydrogen (secondary N) is 1. The van der Waals surface area contributed by atoms with Gasteiger partial charge in [-0.1, -0.05) is 24.3 Å². The number of thiophene rings is 1. The Kier molecular flexibility index (Phi) is 4.75. The van der Waals surface area contributed by atoms with Crippen LogP contribution in [-0.2, 0) is 0 Å². The molecule has 0 fully saturated rings. The second-order valence-electron chi connectivity index (χ2n) is 5.79. The summed E-state index contributed by atoms with van der Waals surface area (Å²) in [5.41, 5.74) is 0.928. The van der Waals surface area contributed by atoms with Crippen LogP contribution in [0.2, 0.25) is 0 Å². The molecule has 0 spiro atoms. The van der Waals surface area contributed by atoms with Crippen molar-refractivity contribution in [1.82, 2.24) is 0 Å². The normalized spacial score (nSPS) is 10.7. The minimum atomic E-state index is -0.280. The molecule has 0 aliphatic carbocycles. The Morgan fingerprint density at radius 1 is 1.04 bits per heavy atom. The van der Waals surface area contributed by atoms with Crippen LogP contribution < -0.4 is 15.5 Å². The highest BCUT2D eigenvalue weighted by molar-refractivity contribution is 7.23. The number of carbonyl (C=O) groups excluding carboxylic acids is 1. The number of hydrogen-bond donors (Lipinski definition) is 1. The average molecular weight is 393 g/mol. The zero-order chi connectivity index (χ0) is 18.8. The molecular formula is C21H15NO3S2. The summed E-state index contributed by atoms with van der Waals surface area (Å²) in [5, 5.41) is 6.06. The summed E-state index contributed by atoms with van der Waals surface area (Å²) in [6.45, 7) is 0. The lowest BCUT2D eigenvalue weighted by molar-refractivity contribution is 0.102. The van der Waals surface area contributed by atoms with Crippen molar-refractivity contribution in [3.05, 3.63) is 81.8 Å². The molecule has 4 rings (SSSR count). The maximum Gasteiger partial charge on any atom is 0.256 e. The van der Waals surface area contributed by atoms with Gasteiger partial charge in [0.25, 0.3) is 5.91 Å². The Morgan fingerprint density at radius 3 is 2.67 bits per heavy atom. The van der Waals surface area contributed by atoms with Crippen LogP contribution in [0.4, 0.5) is 5.00 Å². The fraction of sp³-hybridized carbons (Fsp3) is 0.0476. The van der Waals surface area contributed by atoms with Gasteiger partial charge in [-0.2, -0.15) is 0 Å². The van der Waals surface area contributed by atoms with E-state index in [1.54, 1.807) is 31.4 Å². The lowest BCUT2D eigenvalue weighted by atomic mass is 10.1. The molecule has 0 aliphatic heterocycles. The molecule has 6 heteroatoms. The first-order valence-corrected chi connectivity index (χ1v) is 9.92. The van der Waals surface area contributed by atoms with Crippen LogP contribution in [0.15, 0.2) is 70.8 Å². The van der Waals surface area contributed by atoms with Crippen LogP contribution >= 0.6 is 22.7 Å². The van der Waals surface area contributed by atoms with Gasteiger partial charge < -0.3 is 10.1 Å². The molecule has 0 saturated heterocycles. The number of anilines is 1. The topological polar surface area (TPSA) is 55.4 Å². The highest BCUT2D eigenvalue weighted by Crippen LogP contribution is 2.35. The minimum absolute atomic E-state index is 0.0762. The lowest BCUT2D eigenvalue weighted by Crippen LogP contribution is -2.15. The number of fused-ring (bicyclic) bond motifs is 1. The Balaban J connectivity index is 1.84. The maximum atomic E-state index is 13.1.